The van der Waals surface area contributed by atoms with Crippen molar-refractivity contribution in [3.8, 4) is 28.4 Å². The van der Waals surface area contributed by atoms with Crippen LogP contribution in [-0.2, 0) is 6.61 Å². The van der Waals surface area contributed by atoms with Crippen LogP contribution in [0.2, 0.25) is 0 Å². The minimum atomic E-state index is -0.235. The molecule has 8 rings (SSSR count). The molecule has 0 saturated carbocycles. The zero-order chi connectivity index (χ0) is 34.6. The van der Waals surface area contributed by atoms with Crippen LogP contribution in [0.4, 0.5) is 0 Å². The molecule has 0 N–H and O–H groups in total. The van der Waals surface area contributed by atoms with Crippen LogP contribution in [-0.4, -0.2) is 31.0 Å². The van der Waals surface area contributed by atoms with Crippen molar-refractivity contribution in [3.05, 3.63) is 178 Å². The first-order valence-electron chi connectivity index (χ1n) is 16.4. The molecule has 248 valence electrons. The second-order valence-electron chi connectivity index (χ2n) is 11.7. The van der Waals surface area contributed by atoms with Crippen LogP contribution in [0, 0.1) is 0 Å². The molecule has 3 heterocycles. The molecule has 5 aromatic carbocycles. The molecule has 51 heavy (non-hydrogen) atoms. The fourth-order valence-corrected chi connectivity index (χ4v) is 6.69. The first-order chi connectivity index (χ1) is 25.1. The number of fused-ring (bicyclic) bond motifs is 2. The number of aromatic nitrogens is 5. The highest BCUT2D eigenvalue weighted by Gasteiger charge is 2.14. The van der Waals surface area contributed by atoms with Gasteiger partial charge in [-0.3, -0.25) is 4.79 Å². The second kappa shape index (κ2) is 14.1. The molecule has 0 aliphatic heterocycles. The summed E-state index contributed by atoms with van der Waals surface area (Å²) in [4.78, 5) is 18.7. The monoisotopic (exact) mass is 685 g/mol. The Morgan fingerprint density at radius 3 is 2.31 bits per heavy atom. The smallest absolute Gasteiger partial charge is 0.291 e. The van der Waals surface area contributed by atoms with Gasteiger partial charge in [0.05, 0.1) is 10.2 Å². The Hall–Kier alpha value is -6.58. The fraction of sp³-hybridized carbons (Fsp3) is 0.0476. The van der Waals surface area contributed by atoms with Crippen molar-refractivity contribution in [2.24, 2.45) is 0 Å². The highest BCUT2D eigenvalue weighted by atomic mass is 32.1. The third-order valence-corrected chi connectivity index (χ3v) is 9.28. The molecule has 8 nitrogen and oxygen atoms in total. The van der Waals surface area contributed by atoms with Gasteiger partial charge in [-0.1, -0.05) is 103 Å². The quantitative estimate of drug-likeness (QED) is 0.128. The lowest BCUT2D eigenvalue weighted by Crippen LogP contribution is -2.23. The van der Waals surface area contributed by atoms with Crippen LogP contribution in [0.3, 0.4) is 0 Å². The van der Waals surface area contributed by atoms with E-state index >= 15 is 0 Å². The number of benzene rings is 5. The van der Waals surface area contributed by atoms with Gasteiger partial charge in [0, 0.05) is 17.3 Å². The van der Waals surface area contributed by atoms with E-state index in [9.17, 15) is 4.79 Å². The van der Waals surface area contributed by atoms with E-state index in [0.717, 1.165) is 45.1 Å². The summed E-state index contributed by atoms with van der Waals surface area (Å²) < 4.78 is 15.4. The Balaban J connectivity index is 1.07. The number of nitrogens with zero attached hydrogens (tertiary/aromatic N) is 5. The van der Waals surface area contributed by atoms with E-state index in [1.807, 2.05) is 114 Å². The molecule has 0 aliphatic rings. The van der Waals surface area contributed by atoms with Crippen molar-refractivity contribution in [2.45, 2.75) is 6.61 Å². The van der Waals surface area contributed by atoms with Crippen molar-refractivity contribution in [1.82, 2.24) is 24.4 Å². The summed E-state index contributed by atoms with van der Waals surface area (Å²) in [5.74, 6) is 1.98. The van der Waals surface area contributed by atoms with Crippen LogP contribution in [0.1, 0.15) is 22.5 Å². The average Bonchev–Trinajstić information content (AvgIpc) is 3.87. The molecule has 0 atom stereocenters. The Labute approximate surface area is 297 Å². The molecular weight excluding hydrogens is 655 g/mol. The summed E-state index contributed by atoms with van der Waals surface area (Å²) in [5.41, 5.74) is 5.20. The van der Waals surface area contributed by atoms with Crippen LogP contribution < -0.4 is 19.6 Å². The van der Waals surface area contributed by atoms with Gasteiger partial charge in [0.2, 0.25) is 4.96 Å². The number of hydrogen-bond acceptors (Lipinski definition) is 7. The van der Waals surface area contributed by atoms with Gasteiger partial charge in [0.15, 0.2) is 5.82 Å². The largest absolute Gasteiger partial charge is 0.490 e. The van der Waals surface area contributed by atoms with Gasteiger partial charge < -0.3 is 9.47 Å². The van der Waals surface area contributed by atoms with Gasteiger partial charge in [0.25, 0.3) is 5.56 Å². The average molecular weight is 686 g/mol. The first kappa shape index (κ1) is 31.7. The highest BCUT2D eigenvalue weighted by molar-refractivity contribution is 7.15. The standard InChI is InChI=1S/C42H31N5O3S/c1-2-25-49-35-20-15-29(16-21-35)17-24-39-43-42-47(44-39)41(48)38(51-42)26-33-27-46(34-12-4-3-5-13-34)45-40(33)31-18-22-36(23-19-31)50-28-32-11-8-10-30-9-6-7-14-37(30)32/h2-24,26-27H,1,25,28H2/b24-17+,38-26-. The van der Waals surface area contributed by atoms with Crippen molar-refractivity contribution in [3.63, 3.8) is 0 Å². The van der Waals surface area contributed by atoms with Crippen LogP contribution in [0.5, 0.6) is 11.5 Å². The van der Waals surface area contributed by atoms with Crippen LogP contribution >= 0.6 is 11.3 Å². The van der Waals surface area contributed by atoms with E-state index < -0.39 is 0 Å². The Kier molecular flexibility index (Phi) is 8.76. The predicted octanol–water partition coefficient (Wildman–Crippen LogP) is 8.02. The third kappa shape index (κ3) is 6.83. The molecular formula is C42H31N5O3S. The topological polar surface area (TPSA) is 83.5 Å². The predicted molar refractivity (Wildman–Crippen MR) is 204 cm³/mol. The highest BCUT2D eigenvalue weighted by Crippen LogP contribution is 2.28. The molecule has 0 unspecified atom stereocenters. The summed E-state index contributed by atoms with van der Waals surface area (Å²) in [6.45, 7) is 4.58. The molecule has 9 heteroatoms. The Morgan fingerprint density at radius 1 is 0.765 bits per heavy atom. The van der Waals surface area contributed by atoms with Gasteiger partial charge in [-0.05, 0) is 82.6 Å². The third-order valence-electron chi connectivity index (χ3n) is 8.32. The van der Waals surface area contributed by atoms with Gasteiger partial charge >= 0.3 is 0 Å². The van der Waals surface area contributed by atoms with Crippen molar-refractivity contribution in [2.75, 3.05) is 6.61 Å². The number of ether oxygens (including phenoxy) is 2. The molecule has 0 spiro atoms. The fourth-order valence-electron chi connectivity index (χ4n) is 5.78. The summed E-state index contributed by atoms with van der Waals surface area (Å²) >= 11 is 1.29. The lowest BCUT2D eigenvalue weighted by Gasteiger charge is -2.10. The van der Waals surface area contributed by atoms with E-state index in [1.54, 1.807) is 12.2 Å². The first-order valence-corrected chi connectivity index (χ1v) is 17.2. The van der Waals surface area contributed by atoms with Crippen molar-refractivity contribution < 1.29 is 9.47 Å². The summed E-state index contributed by atoms with van der Waals surface area (Å²) in [6.07, 6.45) is 9.20. The molecule has 0 fully saturated rings. The molecule has 0 radical (unpaired) electrons. The van der Waals surface area contributed by atoms with Crippen LogP contribution in [0.25, 0.3) is 50.9 Å². The molecule has 8 aromatic rings. The maximum atomic E-state index is 13.5. The minimum Gasteiger partial charge on any atom is -0.490 e. The molecule has 3 aromatic heterocycles. The van der Waals surface area contributed by atoms with E-state index in [-0.39, 0.29) is 5.56 Å². The Morgan fingerprint density at radius 2 is 1.51 bits per heavy atom. The summed E-state index contributed by atoms with van der Waals surface area (Å²) in [7, 11) is 0. The maximum Gasteiger partial charge on any atom is 0.291 e. The minimum absolute atomic E-state index is 0.235. The number of rotatable bonds is 11. The number of para-hydroxylation sites is 1. The lowest BCUT2D eigenvalue weighted by molar-refractivity contribution is 0.308. The van der Waals surface area contributed by atoms with Gasteiger partial charge in [-0.2, -0.15) is 14.6 Å². The zero-order valence-corrected chi connectivity index (χ0v) is 28.2. The molecule has 0 bridgehead atoms. The normalized spacial score (nSPS) is 11.9. The van der Waals surface area contributed by atoms with Gasteiger partial charge in [-0.15, -0.1) is 5.10 Å². The number of thiazole rings is 1. The molecule has 0 amide bonds. The number of hydrogen-bond donors (Lipinski definition) is 0. The molecule has 0 aliphatic carbocycles. The molecule has 0 saturated heterocycles. The van der Waals surface area contributed by atoms with Crippen molar-refractivity contribution in [1.29, 1.82) is 0 Å². The second-order valence-corrected chi connectivity index (χ2v) is 12.8. The van der Waals surface area contributed by atoms with E-state index in [2.05, 4.69) is 47.0 Å². The van der Waals surface area contributed by atoms with E-state index in [4.69, 9.17) is 14.6 Å². The summed E-state index contributed by atoms with van der Waals surface area (Å²) in [5, 5.41) is 11.8. The van der Waals surface area contributed by atoms with Gasteiger partial charge in [-0.25, -0.2) is 4.68 Å². The van der Waals surface area contributed by atoms with E-state index in [0.29, 0.717) is 28.5 Å². The maximum absolute atomic E-state index is 13.5. The SMILES string of the molecule is C=CCOc1ccc(/C=C/c2nc3s/c(=C\c4cn(-c5ccccc5)nc4-c4ccc(OCc5cccc6ccccc56)cc4)c(=O)n3n2)cc1. The van der Waals surface area contributed by atoms with E-state index in [1.165, 1.54) is 26.6 Å². The van der Waals surface area contributed by atoms with Crippen LogP contribution in [0.15, 0.2) is 145 Å². The van der Waals surface area contributed by atoms with Gasteiger partial charge in [0.1, 0.15) is 30.4 Å². The van der Waals surface area contributed by atoms with Crippen molar-refractivity contribution >= 4 is 45.3 Å². The Bertz CT molecular complexity index is 2620. The zero-order valence-electron chi connectivity index (χ0n) is 27.4. The lowest BCUT2D eigenvalue weighted by atomic mass is 10.1. The summed E-state index contributed by atoms with van der Waals surface area (Å²) in [6, 6.07) is 40.0.